The maximum atomic E-state index is 12.6. The lowest BCUT2D eigenvalue weighted by molar-refractivity contribution is 0.0740. The highest BCUT2D eigenvalue weighted by molar-refractivity contribution is 7.12. The maximum Gasteiger partial charge on any atom is 0.264 e. The number of aromatic nitrogens is 1. The fraction of sp³-hybridized carbons (Fsp3) is 0.333. The second kappa shape index (κ2) is 5.13. The van der Waals surface area contributed by atoms with Crippen molar-refractivity contribution in [3.05, 3.63) is 52.0 Å². The van der Waals surface area contributed by atoms with Crippen LogP contribution >= 0.6 is 11.3 Å². The lowest BCUT2D eigenvalue weighted by Gasteiger charge is -2.24. The molecule has 3 rings (SSSR count). The van der Waals surface area contributed by atoms with Crippen LogP contribution in [-0.2, 0) is 0 Å². The Kier molecular flexibility index (Phi) is 3.34. The second-order valence-electron chi connectivity index (χ2n) is 4.87. The van der Waals surface area contributed by atoms with Crippen molar-refractivity contribution >= 4 is 17.2 Å². The van der Waals surface area contributed by atoms with Gasteiger partial charge in [-0.05, 0) is 54.5 Å². The average Bonchev–Trinajstić information content (AvgIpc) is 3.07. The van der Waals surface area contributed by atoms with E-state index >= 15 is 0 Å². The van der Waals surface area contributed by atoms with Gasteiger partial charge in [0, 0.05) is 18.9 Å². The molecule has 1 atom stereocenters. The van der Waals surface area contributed by atoms with E-state index in [4.69, 9.17) is 0 Å². The zero-order chi connectivity index (χ0) is 13.2. The first-order chi connectivity index (χ1) is 9.27. The van der Waals surface area contributed by atoms with Gasteiger partial charge in [0.1, 0.15) is 0 Å². The van der Waals surface area contributed by atoms with Crippen LogP contribution in [-0.4, -0.2) is 22.3 Å². The largest absolute Gasteiger partial charge is 0.331 e. The van der Waals surface area contributed by atoms with Gasteiger partial charge in [0.2, 0.25) is 0 Å². The Morgan fingerprint density at radius 3 is 2.84 bits per heavy atom. The van der Waals surface area contributed by atoms with Gasteiger partial charge < -0.3 is 4.90 Å². The van der Waals surface area contributed by atoms with E-state index in [0.29, 0.717) is 0 Å². The smallest absolute Gasteiger partial charge is 0.264 e. The van der Waals surface area contributed by atoms with Gasteiger partial charge in [-0.1, -0.05) is 0 Å². The van der Waals surface area contributed by atoms with E-state index in [2.05, 4.69) is 4.98 Å². The summed E-state index contributed by atoms with van der Waals surface area (Å²) in [4.78, 5) is 19.6. The van der Waals surface area contributed by atoms with Crippen molar-refractivity contribution in [1.82, 2.24) is 9.88 Å². The summed E-state index contributed by atoms with van der Waals surface area (Å²) in [6, 6.07) is 6.24. The molecule has 2 aromatic rings. The highest BCUT2D eigenvalue weighted by Gasteiger charge is 2.31. The van der Waals surface area contributed by atoms with Crippen LogP contribution in [0, 0.1) is 6.92 Å². The lowest BCUT2D eigenvalue weighted by atomic mass is 10.1. The second-order valence-corrected chi connectivity index (χ2v) is 5.79. The summed E-state index contributed by atoms with van der Waals surface area (Å²) in [7, 11) is 0. The summed E-state index contributed by atoms with van der Waals surface area (Å²) in [5, 5.41) is 1.99. The third-order valence-electron chi connectivity index (χ3n) is 3.66. The maximum absolute atomic E-state index is 12.6. The quantitative estimate of drug-likeness (QED) is 0.839. The van der Waals surface area contributed by atoms with Crippen LogP contribution < -0.4 is 0 Å². The standard InChI is InChI=1S/C15H16N2OS/c1-11-6-10-19-14(11)15(18)17-9-2-3-13(17)12-4-7-16-8-5-12/h4-8,10,13H,2-3,9H2,1H3. The van der Waals surface area contributed by atoms with Crippen molar-refractivity contribution in [3.63, 3.8) is 0 Å². The molecule has 1 fully saturated rings. The minimum Gasteiger partial charge on any atom is -0.331 e. The minimum absolute atomic E-state index is 0.173. The molecule has 3 nitrogen and oxygen atoms in total. The zero-order valence-electron chi connectivity index (χ0n) is 10.9. The van der Waals surface area contributed by atoms with E-state index in [9.17, 15) is 4.79 Å². The first-order valence-corrected chi connectivity index (χ1v) is 7.40. The molecular weight excluding hydrogens is 256 g/mol. The lowest BCUT2D eigenvalue weighted by Crippen LogP contribution is -2.30. The van der Waals surface area contributed by atoms with Gasteiger partial charge in [-0.25, -0.2) is 0 Å². The van der Waals surface area contributed by atoms with Crippen molar-refractivity contribution < 1.29 is 4.79 Å². The number of likely N-dealkylation sites (tertiary alicyclic amines) is 1. The molecule has 98 valence electrons. The molecule has 2 aromatic heterocycles. The van der Waals surface area contributed by atoms with Gasteiger partial charge in [0.25, 0.3) is 5.91 Å². The van der Waals surface area contributed by atoms with Gasteiger partial charge in [0.05, 0.1) is 10.9 Å². The van der Waals surface area contributed by atoms with E-state index < -0.39 is 0 Å². The summed E-state index contributed by atoms with van der Waals surface area (Å²) in [6.45, 7) is 2.85. The molecule has 4 heteroatoms. The molecule has 19 heavy (non-hydrogen) atoms. The Morgan fingerprint density at radius 1 is 1.37 bits per heavy atom. The van der Waals surface area contributed by atoms with E-state index in [1.165, 1.54) is 16.9 Å². The molecule has 3 heterocycles. The van der Waals surface area contributed by atoms with Crippen LogP contribution in [0.2, 0.25) is 0 Å². The van der Waals surface area contributed by atoms with Crippen LogP contribution in [0.15, 0.2) is 36.0 Å². The molecule has 1 aliphatic heterocycles. The van der Waals surface area contributed by atoms with Crippen LogP contribution in [0.3, 0.4) is 0 Å². The third kappa shape index (κ3) is 2.28. The topological polar surface area (TPSA) is 33.2 Å². The molecule has 1 aliphatic rings. The number of hydrogen-bond donors (Lipinski definition) is 0. The number of pyridine rings is 1. The van der Waals surface area contributed by atoms with Crippen LogP contribution in [0.4, 0.5) is 0 Å². The highest BCUT2D eigenvalue weighted by Crippen LogP contribution is 2.34. The predicted molar refractivity (Wildman–Crippen MR) is 76.3 cm³/mol. The number of nitrogens with zero attached hydrogens (tertiary/aromatic N) is 2. The molecule has 0 aliphatic carbocycles. The molecule has 0 bridgehead atoms. The summed E-state index contributed by atoms with van der Waals surface area (Å²) in [5.41, 5.74) is 2.27. The number of carbonyl (C=O) groups is 1. The average molecular weight is 272 g/mol. The Hall–Kier alpha value is -1.68. The SMILES string of the molecule is Cc1ccsc1C(=O)N1CCCC1c1ccncc1. The van der Waals surface area contributed by atoms with Crippen molar-refractivity contribution in [1.29, 1.82) is 0 Å². The molecule has 0 aromatic carbocycles. The summed E-state index contributed by atoms with van der Waals surface area (Å²) < 4.78 is 0. The fourth-order valence-corrected chi connectivity index (χ4v) is 3.54. The van der Waals surface area contributed by atoms with Gasteiger partial charge >= 0.3 is 0 Å². The molecule has 1 amide bonds. The van der Waals surface area contributed by atoms with Crippen LogP contribution in [0.5, 0.6) is 0 Å². The molecule has 0 N–H and O–H groups in total. The number of thiophene rings is 1. The number of carbonyl (C=O) groups excluding carboxylic acids is 1. The van der Waals surface area contributed by atoms with Gasteiger partial charge in [-0.3, -0.25) is 9.78 Å². The van der Waals surface area contributed by atoms with Gasteiger partial charge in [-0.2, -0.15) is 0 Å². The Morgan fingerprint density at radius 2 is 2.16 bits per heavy atom. The molecule has 1 saturated heterocycles. The number of rotatable bonds is 2. The van der Waals surface area contributed by atoms with Crippen molar-refractivity contribution in [2.75, 3.05) is 6.54 Å². The summed E-state index contributed by atoms with van der Waals surface area (Å²) in [6.07, 6.45) is 5.71. The van der Waals surface area contributed by atoms with E-state index in [-0.39, 0.29) is 11.9 Å². The summed E-state index contributed by atoms with van der Waals surface area (Å²) >= 11 is 1.54. The number of aryl methyl sites for hydroxylation is 1. The molecule has 1 unspecified atom stereocenters. The zero-order valence-corrected chi connectivity index (χ0v) is 11.7. The fourth-order valence-electron chi connectivity index (χ4n) is 2.66. The third-order valence-corrected chi connectivity index (χ3v) is 4.67. The van der Waals surface area contributed by atoms with E-state index in [1.54, 1.807) is 12.4 Å². The number of hydrogen-bond acceptors (Lipinski definition) is 3. The predicted octanol–water partition coefficient (Wildman–Crippen LogP) is 3.43. The van der Waals surface area contributed by atoms with Crippen LogP contribution in [0.25, 0.3) is 0 Å². The Balaban J connectivity index is 1.88. The van der Waals surface area contributed by atoms with Crippen molar-refractivity contribution in [2.24, 2.45) is 0 Å². The van der Waals surface area contributed by atoms with Crippen molar-refractivity contribution in [2.45, 2.75) is 25.8 Å². The normalized spacial score (nSPS) is 18.8. The van der Waals surface area contributed by atoms with E-state index in [0.717, 1.165) is 29.8 Å². The van der Waals surface area contributed by atoms with E-state index in [1.807, 2.05) is 35.4 Å². The monoisotopic (exact) mass is 272 g/mol. The Labute approximate surface area is 116 Å². The Bertz CT molecular complexity index is 579. The first-order valence-electron chi connectivity index (χ1n) is 6.52. The first kappa shape index (κ1) is 12.4. The summed E-state index contributed by atoms with van der Waals surface area (Å²) in [5.74, 6) is 0.173. The molecule has 0 spiro atoms. The van der Waals surface area contributed by atoms with Gasteiger partial charge in [0.15, 0.2) is 0 Å². The molecule has 0 radical (unpaired) electrons. The van der Waals surface area contributed by atoms with Crippen molar-refractivity contribution in [3.8, 4) is 0 Å². The van der Waals surface area contributed by atoms with Crippen LogP contribution in [0.1, 0.15) is 39.7 Å². The minimum atomic E-state index is 0.173. The number of amides is 1. The van der Waals surface area contributed by atoms with Gasteiger partial charge in [-0.15, -0.1) is 11.3 Å². The highest BCUT2D eigenvalue weighted by atomic mass is 32.1. The molecule has 0 saturated carbocycles. The molecular formula is C15H16N2OS.